The zero-order valence-electron chi connectivity index (χ0n) is 16.3. The van der Waals surface area contributed by atoms with E-state index in [4.69, 9.17) is 0 Å². The number of amides is 1. The minimum absolute atomic E-state index is 0.170. The highest BCUT2D eigenvalue weighted by molar-refractivity contribution is 5.73. The number of likely N-dealkylation sites (tertiary alicyclic amines) is 2. The number of hydrogen-bond donors (Lipinski definition) is 0. The highest BCUT2D eigenvalue weighted by Crippen LogP contribution is 2.24. The molecule has 3 aliphatic heterocycles. The van der Waals surface area contributed by atoms with Crippen LogP contribution in [0.25, 0.3) is 0 Å². The Hall–Kier alpha value is -1.66. The zero-order chi connectivity index (χ0) is 18.8. The van der Waals surface area contributed by atoms with Gasteiger partial charge in [0.2, 0.25) is 5.91 Å². The maximum absolute atomic E-state index is 13.1. The second-order valence-corrected chi connectivity index (χ2v) is 8.35. The fraction of sp³-hybridized carbons (Fsp3) is 0.667. The number of piperazine rings is 1. The Morgan fingerprint density at radius 3 is 2.41 bits per heavy atom. The van der Waals surface area contributed by atoms with E-state index in [1.165, 1.54) is 6.42 Å². The monoisotopic (exact) mass is 374 g/mol. The third-order valence-corrected chi connectivity index (χ3v) is 6.44. The molecule has 3 aliphatic rings. The predicted octanol–water partition coefficient (Wildman–Crippen LogP) is 1.89. The molecule has 1 unspecified atom stereocenters. The number of benzene rings is 1. The fourth-order valence-corrected chi connectivity index (χ4v) is 4.79. The molecule has 3 fully saturated rings. The van der Waals surface area contributed by atoms with Gasteiger partial charge in [0.1, 0.15) is 5.82 Å². The predicted molar refractivity (Wildman–Crippen MR) is 105 cm³/mol. The molecule has 1 aromatic rings. The summed E-state index contributed by atoms with van der Waals surface area (Å²) in [4.78, 5) is 21.1. The van der Waals surface area contributed by atoms with Crippen LogP contribution >= 0.6 is 0 Å². The van der Waals surface area contributed by atoms with Crippen LogP contribution in [-0.4, -0.2) is 85.6 Å². The van der Waals surface area contributed by atoms with E-state index in [-0.39, 0.29) is 11.7 Å². The second kappa shape index (κ2) is 8.15. The molecular weight excluding hydrogens is 343 g/mol. The summed E-state index contributed by atoms with van der Waals surface area (Å²) in [7, 11) is 0. The summed E-state index contributed by atoms with van der Waals surface area (Å²) in [6, 6.07) is 7.52. The molecule has 0 bridgehead atoms. The Kier molecular flexibility index (Phi) is 5.64. The average Bonchev–Trinajstić information content (AvgIpc) is 2.65. The summed E-state index contributed by atoms with van der Waals surface area (Å²) in [5, 5.41) is 0. The Balaban J connectivity index is 1.18. The smallest absolute Gasteiger partial charge is 0.219 e. The van der Waals surface area contributed by atoms with Crippen molar-refractivity contribution in [2.45, 2.75) is 25.8 Å². The molecule has 0 spiro atoms. The van der Waals surface area contributed by atoms with Crippen LogP contribution in [0.2, 0.25) is 0 Å². The SMILES string of the molecule is CC(=O)N1CCCC(CN2CC(N3CCN(c4ccc(F)cc4)CC3)C2)C1. The number of piperidine rings is 1. The molecule has 148 valence electrons. The summed E-state index contributed by atoms with van der Waals surface area (Å²) in [5.41, 5.74) is 1.12. The van der Waals surface area contributed by atoms with Gasteiger partial charge in [-0.1, -0.05) is 0 Å². The molecule has 1 atom stereocenters. The molecule has 3 saturated heterocycles. The molecule has 1 amide bonds. The number of nitrogens with zero attached hydrogens (tertiary/aromatic N) is 4. The highest BCUT2D eigenvalue weighted by Gasteiger charge is 2.35. The van der Waals surface area contributed by atoms with Gasteiger partial charge in [-0.05, 0) is 43.0 Å². The van der Waals surface area contributed by atoms with Gasteiger partial charge < -0.3 is 9.80 Å². The lowest BCUT2D eigenvalue weighted by Crippen LogP contribution is -2.64. The summed E-state index contributed by atoms with van der Waals surface area (Å²) < 4.78 is 13.1. The van der Waals surface area contributed by atoms with Crippen LogP contribution in [-0.2, 0) is 4.79 Å². The third kappa shape index (κ3) is 4.43. The topological polar surface area (TPSA) is 30.0 Å². The molecule has 1 aromatic carbocycles. The summed E-state index contributed by atoms with van der Waals surface area (Å²) in [6.45, 7) is 11.2. The van der Waals surface area contributed by atoms with Crippen LogP contribution in [0.4, 0.5) is 10.1 Å². The number of carbonyl (C=O) groups excluding carboxylic acids is 1. The molecule has 5 nitrogen and oxygen atoms in total. The van der Waals surface area contributed by atoms with Crippen molar-refractivity contribution in [1.82, 2.24) is 14.7 Å². The first kappa shape index (κ1) is 18.7. The molecule has 27 heavy (non-hydrogen) atoms. The van der Waals surface area contributed by atoms with Crippen molar-refractivity contribution >= 4 is 11.6 Å². The first-order valence-electron chi connectivity index (χ1n) is 10.3. The molecule has 6 heteroatoms. The Morgan fingerprint density at radius 1 is 1.04 bits per heavy atom. The van der Waals surface area contributed by atoms with Gasteiger partial charge in [0.25, 0.3) is 0 Å². The van der Waals surface area contributed by atoms with Gasteiger partial charge in [-0.3, -0.25) is 14.6 Å². The van der Waals surface area contributed by atoms with Crippen LogP contribution in [0.15, 0.2) is 24.3 Å². The van der Waals surface area contributed by atoms with E-state index >= 15 is 0 Å². The van der Waals surface area contributed by atoms with E-state index in [0.717, 1.165) is 71.0 Å². The molecule has 0 N–H and O–H groups in total. The van der Waals surface area contributed by atoms with Gasteiger partial charge in [0, 0.05) is 77.6 Å². The molecule has 3 heterocycles. The molecule has 0 aromatic heterocycles. The normalized spacial score (nSPS) is 25.5. The maximum atomic E-state index is 13.1. The van der Waals surface area contributed by atoms with E-state index in [1.54, 1.807) is 19.1 Å². The van der Waals surface area contributed by atoms with Crippen LogP contribution in [0.1, 0.15) is 19.8 Å². The largest absolute Gasteiger partial charge is 0.369 e. The number of hydrogen-bond acceptors (Lipinski definition) is 4. The van der Waals surface area contributed by atoms with Crippen LogP contribution in [0.3, 0.4) is 0 Å². The fourth-order valence-electron chi connectivity index (χ4n) is 4.79. The molecule has 0 saturated carbocycles. The standard InChI is InChI=1S/C21H31FN4O/c1-17(27)26-8-2-3-18(14-26)13-23-15-21(16-23)25-11-9-24(10-12-25)20-6-4-19(22)5-7-20/h4-7,18,21H,2-3,8-16H2,1H3. The van der Waals surface area contributed by atoms with E-state index in [9.17, 15) is 9.18 Å². The lowest BCUT2D eigenvalue weighted by Gasteiger charge is -2.49. The Labute approximate surface area is 161 Å². The van der Waals surface area contributed by atoms with Crippen molar-refractivity contribution < 1.29 is 9.18 Å². The van der Waals surface area contributed by atoms with Gasteiger partial charge in [-0.15, -0.1) is 0 Å². The first-order chi connectivity index (χ1) is 13.1. The van der Waals surface area contributed by atoms with Crippen molar-refractivity contribution in [3.8, 4) is 0 Å². The maximum Gasteiger partial charge on any atom is 0.219 e. The van der Waals surface area contributed by atoms with Crippen molar-refractivity contribution in [3.63, 3.8) is 0 Å². The Morgan fingerprint density at radius 2 is 1.74 bits per heavy atom. The van der Waals surface area contributed by atoms with Gasteiger partial charge in [-0.25, -0.2) is 4.39 Å². The van der Waals surface area contributed by atoms with Crippen molar-refractivity contribution in [2.75, 3.05) is 63.8 Å². The second-order valence-electron chi connectivity index (χ2n) is 8.35. The minimum atomic E-state index is -0.170. The quantitative estimate of drug-likeness (QED) is 0.805. The van der Waals surface area contributed by atoms with Gasteiger partial charge in [-0.2, -0.15) is 0 Å². The summed E-state index contributed by atoms with van der Waals surface area (Å²) >= 11 is 0. The molecule has 0 aliphatic carbocycles. The van der Waals surface area contributed by atoms with Gasteiger partial charge in [0.05, 0.1) is 0 Å². The zero-order valence-corrected chi connectivity index (χ0v) is 16.3. The molecule has 0 radical (unpaired) electrons. The van der Waals surface area contributed by atoms with Crippen molar-refractivity contribution in [2.24, 2.45) is 5.92 Å². The van der Waals surface area contributed by atoms with Gasteiger partial charge >= 0.3 is 0 Å². The summed E-state index contributed by atoms with van der Waals surface area (Å²) in [5.74, 6) is 0.690. The van der Waals surface area contributed by atoms with Crippen LogP contribution in [0.5, 0.6) is 0 Å². The number of rotatable bonds is 4. The van der Waals surface area contributed by atoms with Crippen LogP contribution < -0.4 is 4.90 Å². The summed E-state index contributed by atoms with van der Waals surface area (Å²) in [6.07, 6.45) is 2.40. The van der Waals surface area contributed by atoms with E-state index < -0.39 is 0 Å². The van der Waals surface area contributed by atoms with E-state index in [0.29, 0.717) is 12.0 Å². The number of halogens is 1. The van der Waals surface area contributed by atoms with Gasteiger partial charge in [0.15, 0.2) is 0 Å². The Bertz CT molecular complexity index is 638. The number of anilines is 1. The average molecular weight is 375 g/mol. The lowest BCUT2D eigenvalue weighted by molar-refractivity contribution is -0.130. The van der Waals surface area contributed by atoms with E-state index in [2.05, 4.69) is 14.7 Å². The molecule has 4 rings (SSSR count). The van der Waals surface area contributed by atoms with Crippen molar-refractivity contribution in [1.29, 1.82) is 0 Å². The van der Waals surface area contributed by atoms with E-state index in [1.807, 2.05) is 17.0 Å². The lowest BCUT2D eigenvalue weighted by atomic mass is 9.95. The van der Waals surface area contributed by atoms with Crippen molar-refractivity contribution in [3.05, 3.63) is 30.1 Å². The highest BCUT2D eigenvalue weighted by atomic mass is 19.1. The van der Waals surface area contributed by atoms with Crippen LogP contribution in [0, 0.1) is 11.7 Å². The third-order valence-electron chi connectivity index (χ3n) is 6.44. The molecular formula is C21H31FN4O. The first-order valence-corrected chi connectivity index (χ1v) is 10.3. The minimum Gasteiger partial charge on any atom is -0.369 e. The number of carbonyl (C=O) groups is 1.